The average Bonchev–Trinajstić information content (AvgIpc) is 3.36. The number of carbonyl (C=O) groups is 2. The monoisotopic (exact) mass is 384 g/mol. The van der Waals surface area contributed by atoms with Crippen molar-refractivity contribution in [2.24, 2.45) is 11.8 Å². The highest BCUT2D eigenvalue weighted by atomic mass is 16.5. The predicted octanol–water partition coefficient (Wildman–Crippen LogP) is 3.24. The minimum Gasteiger partial charge on any atom is -0.461 e. The number of fused-ring (bicyclic) bond motifs is 1. The molecule has 0 aromatic carbocycles. The van der Waals surface area contributed by atoms with Crippen LogP contribution >= 0.6 is 0 Å². The highest BCUT2D eigenvalue weighted by Crippen LogP contribution is 2.36. The van der Waals surface area contributed by atoms with E-state index in [0.29, 0.717) is 35.5 Å². The molecule has 1 aliphatic heterocycles. The zero-order chi connectivity index (χ0) is 19.5. The maximum absolute atomic E-state index is 12.9. The van der Waals surface area contributed by atoms with Gasteiger partial charge in [0.05, 0.1) is 23.7 Å². The molecule has 150 valence electrons. The normalized spacial score (nSPS) is 23.0. The van der Waals surface area contributed by atoms with Crippen molar-refractivity contribution in [1.82, 2.24) is 15.3 Å². The molecule has 0 unspecified atom stereocenters. The average molecular weight is 384 g/mol. The largest absolute Gasteiger partial charge is 0.461 e. The van der Waals surface area contributed by atoms with Crippen LogP contribution < -0.4 is 10.6 Å². The Morgan fingerprint density at radius 1 is 1.21 bits per heavy atom. The number of aromatic amines is 1. The molecule has 1 aliphatic carbocycles. The van der Waals surface area contributed by atoms with Crippen molar-refractivity contribution in [3.63, 3.8) is 0 Å². The summed E-state index contributed by atoms with van der Waals surface area (Å²) >= 11 is 0. The quantitative estimate of drug-likeness (QED) is 0.688. The fourth-order valence-electron chi connectivity index (χ4n) is 4.68. The fraction of sp³-hybridized carbons (Fsp3) is 0.571. The Hall–Kier alpha value is -2.41. The van der Waals surface area contributed by atoms with E-state index in [9.17, 15) is 9.59 Å². The van der Waals surface area contributed by atoms with E-state index in [1.807, 2.05) is 6.07 Å². The van der Waals surface area contributed by atoms with Gasteiger partial charge in [0.25, 0.3) is 0 Å². The van der Waals surface area contributed by atoms with Crippen LogP contribution in [0.3, 0.4) is 0 Å². The molecule has 0 radical (unpaired) electrons. The van der Waals surface area contributed by atoms with Crippen molar-refractivity contribution < 1.29 is 14.3 Å². The second kappa shape index (κ2) is 8.31. The third-order valence-corrected chi connectivity index (χ3v) is 6.03. The number of aromatic nitrogens is 2. The molecule has 2 aliphatic rings. The number of anilines is 1. The molecular formula is C21H28N4O3. The van der Waals surface area contributed by atoms with Gasteiger partial charge < -0.3 is 20.4 Å². The van der Waals surface area contributed by atoms with Crippen LogP contribution in [0.1, 0.15) is 55.9 Å². The molecule has 3 heterocycles. The van der Waals surface area contributed by atoms with E-state index in [2.05, 4.69) is 20.6 Å². The van der Waals surface area contributed by atoms with Crippen LogP contribution in [0.5, 0.6) is 0 Å². The summed E-state index contributed by atoms with van der Waals surface area (Å²) in [5.74, 6) is 1.14. The lowest BCUT2D eigenvalue weighted by molar-refractivity contribution is -0.119. The number of pyridine rings is 1. The molecule has 1 amide bonds. The SMILES string of the molecule is CCOC(=O)c1cc2nc(NC(=O)[C@H]3NCC[C@H]3C3CCCCC3)ccc2[nH]1. The number of H-pyrrole nitrogens is 1. The number of rotatable bonds is 5. The molecule has 1 saturated heterocycles. The lowest BCUT2D eigenvalue weighted by atomic mass is 9.76. The Labute approximate surface area is 164 Å². The van der Waals surface area contributed by atoms with E-state index in [1.54, 1.807) is 19.1 Å². The first-order valence-corrected chi connectivity index (χ1v) is 10.4. The van der Waals surface area contributed by atoms with Crippen LogP contribution in [0, 0.1) is 11.8 Å². The summed E-state index contributed by atoms with van der Waals surface area (Å²) in [6, 6.07) is 5.08. The molecule has 2 aromatic heterocycles. The molecule has 1 saturated carbocycles. The van der Waals surface area contributed by atoms with Crippen molar-refractivity contribution >= 4 is 28.7 Å². The number of hydrogen-bond acceptors (Lipinski definition) is 5. The molecule has 2 atom stereocenters. The molecular weight excluding hydrogens is 356 g/mol. The van der Waals surface area contributed by atoms with Gasteiger partial charge in [-0.15, -0.1) is 0 Å². The van der Waals surface area contributed by atoms with Crippen LogP contribution in [-0.4, -0.2) is 41.0 Å². The standard InChI is InChI=1S/C21H28N4O3/c1-2-28-21(27)17-12-16-15(23-17)8-9-18(24-16)25-20(26)19-14(10-11-22-19)13-6-4-3-5-7-13/h8-9,12-14,19,22-23H,2-7,10-11H2,1H3,(H,24,25,26)/t14-,19-/m0/s1. The van der Waals surface area contributed by atoms with Gasteiger partial charge in [-0.05, 0) is 49.9 Å². The van der Waals surface area contributed by atoms with Crippen molar-refractivity contribution in [3.05, 3.63) is 23.9 Å². The van der Waals surface area contributed by atoms with Crippen molar-refractivity contribution in [2.75, 3.05) is 18.5 Å². The van der Waals surface area contributed by atoms with Gasteiger partial charge in [-0.1, -0.05) is 32.1 Å². The summed E-state index contributed by atoms with van der Waals surface area (Å²) in [7, 11) is 0. The first kappa shape index (κ1) is 18.9. The zero-order valence-electron chi connectivity index (χ0n) is 16.3. The van der Waals surface area contributed by atoms with E-state index in [4.69, 9.17) is 4.74 Å². The number of carbonyl (C=O) groups excluding carboxylic acids is 2. The highest BCUT2D eigenvalue weighted by molar-refractivity contribution is 5.97. The van der Waals surface area contributed by atoms with Gasteiger partial charge in [-0.25, -0.2) is 9.78 Å². The Kier molecular flexibility index (Phi) is 5.62. The third-order valence-electron chi connectivity index (χ3n) is 6.03. The summed E-state index contributed by atoms with van der Waals surface area (Å²) in [5.41, 5.74) is 1.73. The van der Waals surface area contributed by atoms with E-state index in [1.165, 1.54) is 32.1 Å². The third kappa shape index (κ3) is 3.90. The van der Waals surface area contributed by atoms with Gasteiger partial charge >= 0.3 is 5.97 Å². The number of hydrogen-bond donors (Lipinski definition) is 3. The van der Waals surface area contributed by atoms with Crippen molar-refractivity contribution in [2.45, 2.75) is 51.5 Å². The summed E-state index contributed by atoms with van der Waals surface area (Å²) in [6.07, 6.45) is 7.42. The number of amides is 1. The van der Waals surface area contributed by atoms with Gasteiger partial charge in [0, 0.05) is 0 Å². The maximum atomic E-state index is 12.9. The Morgan fingerprint density at radius 3 is 2.82 bits per heavy atom. The molecule has 7 nitrogen and oxygen atoms in total. The molecule has 2 aromatic rings. The second-order valence-electron chi connectivity index (χ2n) is 7.80. The molecule has 28 heavy (non-hydrogen) atoms. The molecule has 0 spiro atoms. The number of nitrogens with one attached hydrogen (secondary N) is 3. The summed E-state index contributed by atoms with van der Waals surface area (Å²) in [6.45, 7) is 2.98. The molecule has 4 rings (SSSR count). The first-order valence-electron chi connectivity index (χ1n) is 10.4. The summed E-state index contributed by atoms with van der Waals surface area (Å²) in [5, 5.41) is 6.35. The van der Waals surface area contributed by atoms with Crippen LogP contribution in [0.4, 0.5) is 5.82 Å². The Balaban J connectivity index is 1.46. The number of ether oxygens (including phenoxy) is 1. The minimum atomic E-state index is -0.406. The maximum Gasteiger partial charge on any atom is 0.354 e. The van der Waals surface area contributed by atoms with E-state index >= 15 is 0 Å². The van der Waals surface area contributed by atoms with Gasteiger partial charge in [-0.2, -0.15) is 0 Å². The summed E-state index contributed by atoms with van der Waals surface area (Å²) < 4.78 is 5.01. The first-order chi connectivity index (χ1) is 13.7. The summed E-state index contributed by atoms with van der Waals surface area (Å²) in [4.78, 5) is 32.3. The molecule has 2 fully saturated rings. The smallest absolute Gasteiger partial charge is 0.354 e. The second-order valence-corrected chi connectivity index (χ2v) is 7.80. The van der Waals surface area contributed by atoms with Crippen LogP contribution in [0.25, 0.3) is 11.0 Å². The number of nitrogens with zero attached hydrogens (tertiary/aromatic N) is 1. The Morgan fingerprint density at radius 2 is 2.04 bits per heavy atom. The van der Waals surface area contributed by atoms with Crippen LogP contribution in [0.2, 0.25) is 0 Å². The topological polar surface area (TPSA) is 96.1 Å². The van der Waals surface area contributed by atoms with E-state index < -0.39 is 5.97 Å². The lowest BCUT2D eigenvalue weighted by Gasteiger charge is -2.30. The fourth-order valence-corrected chi connectivity index (χ4v) is 4.68. The van der Waals surface area contributed by atoms with E-state index in [-0.39, 0.29) is 11.9 Å². The molecule has 7 heteroatoms. The van der Waals surface area contributed by atoms with Gasteiger partial charge in [0.2, 0.25) is 5.91 Å². The van der Waals surface area contributed by atoms with Crippen molar-refractivity contribution in [1.29, 1.82) is 0 Å². The number of esters is 1. The van der Waals surface area contributed by atoms with Crippen molar-refractivity contribution in [3.8, 4) is 0 Å². The van der Waals surface area contributed by atoms with Crippen LogP contribution in [0.15, 0.2) is 18.2 Å². The molecule has 0 bridgehead atoms. The van der Waals surface area contributed by atoms with Gasteiger partial charge in [-0.3, -0.25) is 4.79 Å². The van der Waals surface area contributed by atoms with Crippen LogP contribution in [-0.2, 0) is 9.53 Å². The Bertz CT molecular complexity index is 856. The van der Waals surface area contributed by atoms with Gasteiger partial charge in [0.15, 0.2) is 0 Å². The minimum absolute atomic E-state index is 0.0129. The zero-order valence-corrected chi connectivity index (χ0v) is 16.3. The highest BCUT2D eigenvalue weighted by Gasteiger charge is 2.38. The van der Waals surface area contributed by atoms with Gasteiger partial charge in [0.1, 0.15) is 11.5 Å². The predicted molar refractivity (Wildman–Crippen MR) is 107 cm³/mol. The van der Waals surface area contributed by atoms with E-state index in [0.717, 1.165) is 18.5 Å². The molecule has 3 N–H and O–H groups in total. The lowest BCUT2D eigenvalue weighted by Crippen LogP contribution is -2.42.